The minimum absolute atomic E-state index is 0.0424. The fraction of sp³-hybridized carbons (Fsp3) is 0.194. The number of anilines is 1. The SMILES string of the molecule is CCOc1ccc(C(=O)N2CCN(c3ncnc4c3c(-c3ccccc3)cn4-c3ccccc3)CC2)cc1. The van der Waals surface area contributed by atoms with Gasteiger partial charge in [-0.05, 0) is 48.9 Å². The van der Waals surface area contributed by atoms with E-state index in [9.17, 15) is 4.79 Å². The third kappa shape index (κ3) is 4.47. The fourth-order valence-electron chi connectivity index (χ4n) is 5.07. The summed E-state index contributed by atoms with van der Waals surface area (Å²) in [5, 5.41) is 1.02. The van der Waals surface area contributed by atoms with Crippen LogP contribution in [0.5, 0.6) is 5.75 Å². The topological polar surface area (TPSA) is 63.5 Å². The van der Waals surface area contributed by atoms with Crippen molar-refractivity contribution >= 4 is 22.8 Å². The van der Waals surface area contributed by atoms with E-state index in [0.29, 0.717) is 38.3 Å². The molecule has 6 rings (SSSR count). The lowest BCUT2D eigenvalue weighted by atomic mass is 10.1. The van der Waals surface area contributed by atoms with Crippen LogP contribution in [0.2, 0.25) is 0 Å². The van der Waals surface area contributed by atoms with Crippen LogP contribution >= 0.6 is 0 Å². The van der Waals surface area contributed by atoms with E-state index in [-0.39, 0.29) is 5.91 Å². The predicted octanol–water partition coefficient (Wildman–Crippen LogP) is 5.45. The minimum Gasteiger partial charge on any atom is -0.494 e. The van der Waals surface area contributed by atoms with E-state index in [4.69, 9.17) is 14.7 Å². The molecule has 0 spiro atoms. The molecule has 1 amide bonds. The molecule has 1 saturated heterocycles. The first kappa shape index (κ1) is 23.7. The van der Waals surface area contributed by atoms with E-state index in [1.807, 2.05) is 60.4 Å². The Kier molecular flexibility index (Phi) is 6.48. The first-order chi connectivity index (χ1) is 18.7. The van der Waals surface area contributed by atoms with Gasteiger partial charge in [-0.25, -0.2) is 9.97 Å². The molecule has 7 heteroatoms. The van der Waals surface area contributed by atoms with Crippen LogP contribution in [0, 0.1) is 0 Å². The number of hydrogen-bond donors (Lipinski definition) is 0. The highest BCUT2D eigenvalue weighted by Gasteiger charge is 2.26. The third-order valence-electron chi connectivity index (χ3n) is 6.96. The Labute approximate surface area is 221 Å². The number of nitrogens with zero attached hydrogens (tertiary/aromatic N) is 5. The molecule has 0 atom stereocenters. The Morgan fingerprint density at radius 2 is 1.53 bits per heavy atom. The summed E-state index contributed by atoms with van der Waals surface area (Å²) in [6.07, 6.45) is 3.79. The van der Waals surface area contributed by atoms with E-state index < -0.39 is 0 Å². The molecular formula is C31H29N5O2. The fourth-order valence-corrected chi connectivity index (χ4v) is 5.07. The van der Waals surface area contributed by atoms with Crippen molar-refractivity contribution in [1.29, 1.82) is 0 Å². The van der Waals surface area contributed by atoms with Gasteiger partial charge in [0, 0.05) is 49.2 Å². The van der Waals surface area contributed by atoms with Crippen molar-refractivity contribution < 1.29 is 9.53 Å². The van der Waals surface area contributed by atoms with Crippen molar-refractivity contribution in [2.24, 2.45) is 0 Å². The lowest BCUT2D eigenvalue weighted by molar-refractivity contribution is 0.0746. The van der Waals surface area contributed by atoms with Crippen LogP contribution in [0.3, 0.4) is 0 Å². The number of rotatable bonds is 6. The van der Waals surface area contributed by atoms with Crippen molar-refractivity contribution in [3.63, 3.8) is 0 Å². The van der Waals surface area contributed by atoms with Gasteiger partial charge in [0.1, 0.15) is 17.9 Å². The first-order valence-electron chi connectivity index (χ1n) is 13.0. The molecule has 0 aliphatic carbocycles. The number of fused-ring (bicyclic) bond motifs is 1. The lowest BCUT2D eigenvalue weighted by Crippen LogP contribution is -2.49. The Bertz CT molecular complexity index is 1540. The molecule has 0 bridgehead atoms. The maximum atomic E-state index is 13.2. The molecule has 0 N–H and O–H groups in total. The van der Waals surface area contributed by atoms with Gasteiger partial charge in [0.2, 0.25) is 0 Å². The van der Waals surface area contributed by atoms with E-state index in [0.717, 1.165) is 39.4 Å². The van der Waals surface area contributed by atoms with Gasteiger partial charge in [0.25, 0.3) is 5.91 Å². The summed E-state index contributed by atoms with van der Waals surface area (Å²) in [5.74, 6) is 1.72. The van der Waals surface area contributed by atoms with E-state index in [2.05, 4.69) is 52.1 Å². The third-order valence-corrected chi connectivity index (χ3v) is 6.96. The van der Waals surface area contributed by atoms with Gasteiger partial charge in [0.15, 0.2) is 5.65 Å². The van der Waals surface area contributed by atoms with Crippen molar-refractivity contribution in [2.45, 2.75) is 6.92 Å². The highest BCUT2D eigenvalue weighted by atomic mass is 16.5. The summed E-state index contributed by atoms with van der Waals surface area (Å²) in [4.78, 5) is 26.8. The Morgan fingerprint density at radius 3 is 2.21 bits per heavy atom. The molecule has 1 aliphatic rings. The average molecular weight is 504 g/mol. The van der Waals surface area contributed by atoms with E-state index in [1.165, 1.54) is 0 Å². The summed E-state index contributed by atoms with van der Waals surface area (Å²) >= 11 is 0. The molecule has 7 nitrogen and oxygen atoms in total. The minimum atomic E-state index is 0.0424. The van der Waals surface area contributed by atoms with Gasteiger partial charge in [-0.3, -0.25) is 4.79 Å². The zero-order valence-corrected chi connectivity index (χ0v) is 21.3. The zero-order valence-electron chi connectivity index (χ0n) is 21.3. The molecule has 5 aromatic rings. The van der Waals surface area contributed by atoms with Crippen LogP contribution in [-0.4, -0.2) is 58.1 Å². The molecule has 38 heavy (non-hydrogen) atoms. The maximum absolute atomic E-state index is 13.2. The van der Waals surface area contributed by atoms with Crippen LogP contribution in [0.15, 0.2) is 97.5 Å². The number of amides is 1. The van der Waals surface area contributed by atoms with Crippen LogP contribution in [-0.2, 0) is 0 Å². The summed E-state index contributed by atoms with van der Waals surface area (Å²) in [7, 11) is 0. The summed E-state index contributed by atoms with van der Waals surface area (Å²) in [6, 6.07) is 28.0. The normalized spacial score (nSPS) is 13.6. The molecule has 3 heterocycles. The molecular weight excluding hydrogens is 474 g/mol. The van der Waals surface area contributed by atoms with Gasteiger partial charge in [-0.1, -0.05) is 48.5 Å². The number of para-hydroxylation sites is 1. The van der Waals surface area contributed by atoms with E-state index >= 15 is 0 Å². The second kappa shape index (κ2) is 10.4. The number of benzene rings is 3. The maximum Gasteiger partial charge on any atom is 0.253 e. The van der Waals surface area contributed by atoms with Crippen molar-refractivity contribution in [2.75, 3.05) is 37.7 Å². The quantitative estimate of drug-likeness (QED) is 0.308. The van der Waals surface area contributed by atoms with Crippen LogP contribution in [0.4, 0.5) is 5.82 Å². The van der Waals surface area contributed by atoms with Crippen LogP contribution in [0.25, 0.3) is 27.8 Å². The molecule has 1 fully saturated rings. The van der Waals surface area contributed by atoms with Gasteiger partial charge < -0.3 is 19.1 Å². The van der Waals surface area contributed by atoms with Crippen LogP contribution in [0.1, 0.15) is 17.3 Å². The largest absolute Gasteiger partial charge is 0.494 e. The monoisotopic (exact) mass is 503 g/mol. The number of carbonyl (C=O) groups is 1. The van der Waals surface area contributed by atoms with Crippen molar-refractivity contribution in [1.82, 2.24) is 19.4 Å². The van der Waals surface area contributed by atoms with Gasteiger partial charge in [0.05, 0.1) is 12.0 Å². The molecule has 3 aromatic carbocycles. The van der Waals surface area contributed by atoms with Crippen molar-refractivity contribution in [3.05, 3.63) is 103 Å². The number of ether oxygens (including phenoxy) is 1. The second-order valence-corrected chi connectivity index (χ2v) is 9.25. The summed E-state index contributed by atoms with van der Waals surface area (Å²) in [6.45, 7) is 5.18. The van der Waals surface area contributed by atoms with Gasteiger partial charge in [-0.2, -0.15) is 0 Å². The molecule has 190 valence electrons. The standard InChI is InChI=1S/C31H29N5O2/c1-2-38-26-15-13-24(14-16-26)31(37)35-19-17-34(18-20-35)29-28-27(23-9-5-3-6-10-23)21-36(30(28)33-22-32-29)25-11-7-4-8-12-25/h3-16,21-22H,2,17-20H2,1H3. The Hall–Kier alpha value is -4.65. The first-order valence-corrected chi connectivity index (χ1v) is 13.0. The van der Waals surface area contributed by atoms with Crippen LogP contribution < -0.4 is 9.64 Å². The lowest BCUT2D eigenvalue weighted by Gasteiger charge is -2.35. The molecule has 2 aromatic heterocycles. The number of carbonyl (C=O) groups excluding carboxylic acids is 1. The highest BCUT2D eigenvalue weighted by Crippen LogP contribution is 2.37. The number of aromatic nitrogens is 3. The van der Waals surface area contributed by atoms with E-state index in [1.54, 1.807) is 6.33 Å². The van der Waals surface area contributed by atoms with Crippen molar-refractivity contribution in [3.8, 4) is 22.6 Å². The predicted molar refractivity (Wildman–Crippen MR) is 150 cm³/mol. The Balaban J connectivity index is 1.31. The highest BCUT2D eigenvalue weighted by molar-refractivity contribution is 6.02. The molecule has 0 unspecified atom stereocenters. The van der Waals surface area contributed by atoms with Gasteiger partial charge in [-0.15, -0.1) is 0 Å². The zero-order chi connectivity index (χ0) is 25.9. The summed E-state index contributed by atoms with van der Waals surface area (Å²) in [5.41, 5.74) is 4.81. The second-order valence-electron chi connectivity index (χ2n) is 9.25. The smallest absolute Gasteiger partial charge is 0.253 e. The Morgan fingerprint density at radius 1 is 0.842 bits per heavy atom. The molecule has 1 aliphatic heterocycles. The van der Waals surface area contributed by atoms with Gasteiger partial charge >= 0.3 is 0 Å². The average Bonchev–Trinajstić information content (AvgIpc) is 3.38. The summed E-state index contributed by atoms with van der Waals surface area (Å²) < 4.78 is 7.64. The number of hydrogen-bond acceptors (Lipinski definition) is 5. The number of piperazine rings is 1. The molecule has 0 saturated carbocycles. The molecule has 0 radical (unpaired) electrons.